The van der Waals surface area contributed by atoms with Gasteiger partial charge in [0, 0.05) is 94.1 Å². The number of aliphatic hydroxyl groups is 1. The monoisotopic (exact) mass is 1370 g/mol. The molecule has 2 unspecified atom stereocenters. The SMILES string of the molecule is C#Cc1c(F)ccc2cccc(-c3ncc4c(N5CC6CCC(C5)N6)nc(OC[C@@]56CC[C@@H](COC(=O)N7CCC(CC8CCN(C(=O)C[C@H](NC(=O)[C@@H]9C[C@@H](O)CN9C(=O)[C@@H](NC(=O)C9(F)CC9)C(C)(C)C)c9ccc(-c%10scnc%10C)cc9)CC8)CC7)N5CC(=C)C6)nc4c3F)c12. The van der Waals surface area contributed by atoms with Crippen molar-refractivity contribution >= 4 is 68.6 Å². The Morgan fingerprint density at radius 3 is 2.28 bits per heavy atom. The number of thiazole rings is 1. The lowest BCUT2D eigenvalue weighted by atomic mass is 9.83. The number of halogens is 3. The van der Waals surface area contributed by atoms with Crippen LogP contribution < -0.4 is 25.6 Å². The van der Waals surface area contributed by atoms with Crippen LogP contribution >= 0.6 is 11.3 Å². The van der Waals surface area contributed by atoms with Gasteiger partial charge in [0.25, 0.3) is 5.91 Å². The molecule has 24 heteroatoms. The molecule has 20 nitrogen and oxygen atoms in total. The first-order chi connectivity index (χ1) is 47.5. The molecule has 3 aromatic carbocycles. The van der Waals surface area contributed by atoms with E-state index < -0.39 is 70.2 Å². The Hall–Kier alpha value is -8.24. The van der Waals surface area contributed by atoms with E-state index in [-0.39, 0.29) is 98.4 Å². The Bertz CT molecular complexity index is 4170. The van der Waals surface area contributed by atoms with Crippen LogP contribution in [0.25, 0.3) is 43.4 Å². The Labute approximate surface area is 578 Å². The van der Waals surface area contributed by atoms with Crippen molar-refractivity contribution in [3.05, 3.63) is 107 Å². The molecule has 8 fully saturated rings. The number of benzene rings is 3. The summed E-state index contributed by atoms with van der Waals surface area (Å²) in [6.07, 6.45) is 14.6. The summed E-state index contributed by atoms with van der Waals surface area (Å²) in [5.74, 6) is 0.392. The maximum atomic E-state index is 17.4. The zero-order chi connectivity index (χ0) is 69.2. The van der Waals surface area contributed by atoms with Crippen LogP contribution in [0.5, 0.6) is 6.01 Å². The largest absolute Gasteiger partial charge is 0.461 e. The van der Waals surface area contributed by atoms with E-state index in [1.165, 1.54) is 22.3 Å². The zero-order valence-corrected chi connectivity index (χ0v) is 57.5. The highest BCUT2D eigenvalue weighted by molar-refractivity contribution is 7.13. The van der Waals surface area contributed by atoms with Gasteiger partial charge in [-0.15, -0.1) is 17.8 Å². The number of carbonyl (C=O) groups excluding carboxylic acids is 5. The minimum absolute atomic E-state index is 0.0130. The summed E-state index contributed by atoms with van der Waals surface area (Å²) in [6.45, 7) is 16.0. The summed E-state index contributed by atoms with van der Waals surface area (Å²) < 4.78 is 60.2. The molecule has 6 aromatic rings. The first kappa shape index (κ1) is 67.9. The number of nitrogens with zero attached hydrogens (tertiary/aromatic N) is 9. The molecule has 2 bridgehead atoms. The van der Waals surface area contributed by atoms with Gasteiger partial charge in [0.15, 0.2) is 11.5 Å². The molecular formula is C75H87F3N12O8S. The third-order valence-corrected chi connectivity index (χ3v) is 23.2. The first-order valence-corrected chi connectivity index (χ1v) is 36.0. The number of nitrogens with one attached hydrogen (secondary N) is 3. The molecule has 99 heavy (non-hydrogen) atoms. The van der Waals surface area contributed by atoms with Crippen LogP contribution in [-0.2, 0) is 23.9 Å². The van der Waals surface area contributed by atoms with E-state index in [2.05, 4.69) is 48.2 Å². The molecule has 5 amide bonds. The second kappa shape index (κ2) is 27.4. The standard InChI is InChI=1S/C75H87F3N12O8S/c1-7-54-57(76)18-15-48-9-8-10-55(61(48)54)63-62(77)64-56(35-79-63)67(88-37-50-16-17-51(38-88)81-50)85-71(83-64)98-41-74-24-19-52(90(74)36-43(2)34-74)40-97-72(96)87-29-22-46(23-30-87)31-45-20-27-86(28-21-45)60(92)33-58(47-11-13-49(14-12-47)65-44(3)80-42-99-65)82-68(93)59-32-53(91)39-89(59)69(94)66(73(4,5)6)84-70(95)75(78)25-26-75/h1,8-15,18,35,42,45-46,50-53,58-59,66,81,91H,2,16-17,19-34,36-41H2,3-6H3,(H,82,93)(H,84,95)/t50?,51?,52-,53+,58-,59-,66+,74-/m0/s1. The molecule has 10 heterocycles. The summed E-state index contributed by atoms with van der Waals surface area (Å²) in [5, 5.41) is 21.8. The van der Waals surface area contributed by atoms with Gasteiger partial charge in [-0.2, -0.15) is 9.97 Å². The minimum atomic E-state index is -2.02. The normalized spacial score (nSPS) is 24.6. The third-order valence-electron chi connectivity index (χ3n) is 22.3. The molecule has 14 rings (SSSR count). The van der Waals surface area contributed by atoms with E-state index >= 15 is 8.78 Å². The van der Waals surface area contributed by atoms with Crippen molar-refractivity contribution in [3.63, 3.8) is 0 Å². The number of aryl methyl sites for hydroxylation is 1. The highest BCUT2D eigenvalue weighted by Gasteiger charge is 2.54. The highest BCUT2D eigenvalue weighted by atomic mass is 32.1. The lowest BCUT2D eigenvalue weighted by Crippen LogP contribution is -2.59. The molecule has 1 saturated carbocycles. The van der Waals surface area contributed by atoms with Gasteiger partial charge < -0.3 is 50.1 Å². The molecule has 8 aliphatic rings. The number of hydrogen-bond acceptors (Lipinski definition) is 16. The molecule has 0 radical (unpaired) electrons. The van der Waals surface area contributed by atoms with Crippen LogP contribution in [0, 0.1) is 48.2 Å². The van der Waals surface area contributed by atoms with Gasteiger partial charge in [-0.25, -0.2) is 22.9 Å². The summed E-state index contributed by atoms with van der Waals surface area (Å²) >= 11 is 1.52. The van der Waals surface area contributed by atoms with Gasteiger partial charge in [0.2, 0.25) is 17.7 Å². The predicted molar refractivity (Wildman–Crippen MR) is 370 cm³/mol. The van der Waals surface area contributed by atoms with E-state index in [0.29, 0.717) is 97.2 Å². The van der Waals surface area contributed by atoms with Crippen LogP contribution in [0.15, 0.2) is 78.5 Å². The van der Waals surface area contributed by atoms with Gasteiger partial charge >= 0.3 is 12.1 Å². The fourth-order valence-electron chi connectivity index (χ4n) is 16.6. The Balaban J connectivity index is 0.579. The third kappa shape index (κ3) is 13.8. The Kier molecular flexibility index (Phi) is 18.8. The summed E-state index contributed by atoms with van der Waals surface area (Å²) in [6, 6.07) is 13.3. The van der Waals surface area contributed by atoms with E-state index in [9.17, 15) is 33.5 Å². The highest BCUT2D eigenvalue weighted by Crippen LogP contribution is 2.46. The fourth-order valence-corrected chi connectivity index (χ4v) is 17.4. The number of hydrogen-bond donors (Lipinski definition) is 4. The number of fused-ring (bicyclic) bond motifs is 5. The number of piperidine rings is 2. The lowest BCUT2D eigenvalue weighted by molar-refractivity contribution is -0.145. The second-order valence-corrected chi connectivity index (χ2v) is 31.0. The zero-order valence-electron chi connectivity index (χ0n) is 56.7. The molecule has 3 aromatic heterocycles. The van der Waals surface area contributed by atoms with Crippen molar-refractivity contribution in [1.82, 2.24) is 55.5 Å². The number of pyridine rings is 1. The van der Waals surface area contributed by atoms with E-state index in [1.54, 1.807) is 56.7 Å². The number of ether oxygens (including phenoxy) is 2. The number of aromatic nitrogens is 4. The van der Waals surface area contributed by atoms with Crippen LogP contribution in [-0.4, -0.2) is 187 Å². The summed E-state index contributed by atoms with van der Waals surface area (Å²) in [7, 11) is 0. The average Bonchev–Trinajstić information content (AvgIpc) is 1.62. The topological polar surface area (TPSA) is 228 Å². The second-order valence-electron chi connectivity index (χ2n) is 30.1. The number of rotatable bonds is 18. The maximum Gasteiger partial charge on any atom is 0.409 e. The van der Waals surface area contributed by atoms with Crippen molar-refractivity contribution in [1.29, 1.82) is 0 Å². The number of β-amino-alcohol motifs (C(OH)–C–C–N with tert-alkyl or cyclic N) is 1. The number of alkyl halides is 1. The minimum Gasteiger partial charge on any atom is -0.461 e. The van der Waals surface area contributed by atoms with Crippen molar-refractivity contribution in [2.45, 2.75) is 171 Å². The van der Waals surface area contributed by atoms with Crippen molar-refractivity contribution < 1.29 is 51.7 Å². The fraction of sp³-hybridized carbons (Fsp3) is 0.533. The predicted octanol–water partition coefficient (Wildman–Crippen LogP) is 9.74. The van der Waals surface area contributed by atoms with E-state index in [0.717, 1.165) is 79.5 Å². The van der Waals surface area contributed by atoms with Crippen molar-refractivity contribution in [3.8, 4) is 40.1 Å². The molecule has 7 aliphatic heterocycles. The number of aliphatic hydroxyl groups excluding tert-OH is 1. The van der Waals surface area contributed by atoms with Crippen LogP contribution in [0.1, 0.15) is 134 Å². The summed E-state index contributed by atoms with van der Waals surface area (Å²) in [4.78, 5) is 99.3. The Morgan fingerprint density at radius 2 is 1.61 bits per heavy atom. The lowest BCUT2D eigenvalue weighted by Gasteiger charge is -2.37. The number of amides is 5. The van der Waals surface area contributed by atoms with Gasteiger partial charge in [-0.05, 0) is 124 Å². The molecule has 8 atom stereocenters. The van der Waals surface area contributed by atoms with Gasteiger partial charge in [-0.3, -0.25) is 29.1 Å². The number of carbonyl (C=O) groups is 5. The van der Waals surface area contributed by atoms with Crippen molar-refractivity contribution in [2.24, 2.45) is 17.3 Å². The van der Waals surface area contributed by atoms with Crippen molar-refractivity contribution in [2.75, 3.05) is 70.5 Å². The van der Waals surface area contributed by atoms with Crippen LogP contribution in [0.4, 0.5) is 23.8 Å². The van der Waals surface area contributed by atoms with Crippen LogP contribution in [0.3, 0.4) is 0 Å². The molecule has 0 spiro atoms. The molecule has 1 aliphatic carbocycles. The number of terminal acetylenes is 1. The quantitative estimate of drug-likeness (QED) is 0.0464. The molecule has 522 valence electrons. The summed E-state index contributed by atoms with van der Waals surface area (Å²) in [5.41, 5.74) is 2.39. The molecule has 4 N–H and O–H groups in total. The molecule has 7 saturated heterocycles. The van der Waals surface area contributed by atoms with Gasteiger partial charge in [0.1, 0.15) is 48.1 Å². The first-order valence-electron chi connectivity index (χ1n) is 35.1. The number of piperazine rings is 1. The van der Waals surface area contributed by atoms with Gasteiger partial charge in [0.05, 0.1) is 51.1 Å². The van der Waals surface area contributed by atoms with E-state index in [1.807, 2.05) is 41.0 Å². The van der Waals surface area contributed by atoms with Gasteiger partial charge in [-0.1, -0.05) is 87.4 Å². The number of likely N-dealkylation sites (tertiary alicyclic amines) is 3. The van der Waals surface area contributed by atoms with E-state index in [4.69, 9.17) is 25.9 Å². The molecular weight excluding hydrogens is 1290 g/mol. The van der Waals surface area contributed by atoms with Crippen LogP contribution in [0.2, 0.25) is 0 Å². The number of anilines is 1. The maximum absolute atomic E-state index is 17.4. The smallest absolute Gasteiger partial charge is 0.409 e. The Morgan fingerprint density at radius 1 is 0.889 bits per heavy atom. The average molecular weight is 1370 g/mol.